The summed E-state index contributed by atoms with van der Waals surface area (Å²) in [5.41, 5.74) is 4.66. The minimum Gasteiger partial charge on any atom is -0.487 e. The Morgan fingerprint density at radius 2 is 2.00 bits per heavy atom. The molecule has 0 amide bonds. The predicted molar refractivity (Wildman–Crippen MR) is 84.9 cm³/mol. The molecule has 0 unspecified atom stereocenters. The molecule has 0 saturated heterocycles. The summed E-state index contributed by atoms with van der Waals surface area (Å²) in [7, 11) is 0. The summed E-state index contributed by atoms with van der Waals surface area (Å²) in [4.78, 5) is 0. The van der Waals surface area contributed by atoms with Crippen LogP contribution in [0.4, 0.5) is 0 Å². The second kappa shape index (κ2) is 8.29. The largest absolute Gasteiger partial charge is 0.487 e. The summed E-state index contributed by atoms with van der Waals surface area (Å²) in [6.07, 6.45) is 1.64. The molecule has 2 aromatic carbocycles. The van der Waals surface area contributed by atoms with E-state index in [9.17, 15) is 0 Å². The average molecular weight is 305 g/mol. The van der Waals surface area contributed by atoms with Crippen LogP contribution in [0.5, 0.6) is 5.75 Å². The van der Waals surface area contributed by atoms with Gasteiger partial charge in [0.1, 0.15) is 12.4 Å². The molecule has 0 aliphatic carbocycles. The van der Waals surface area contributed by atoms with Gasteiger partial charge in [0, 0.05) is 0 Å². The summed E-state index contributed by atoms with van der Waals surface area (Å²) in [6, 6.07) is 15.4. The first-order valence-corrected chi connectivity index (χ1v) is 7.00. The molecular weight excluding hydrogens is 288 g/mol. The van der Waals surface area contributed by atoms with Gasteiger partial charge in [-0.3, -0.25) is 0 Å². The van der Waals surface area contributed by atoms with Crippen molar-refractivity contribution < 1.29 is 9.84 Å². The first-order chi connectivity index (χ1) is 10.3. The monoisotopic (exact) mass is 304 g/mol. The molecule has 2 aromatic rings. The van der Waals surface area contributed by atoms with Gasteiger partial charge >= 0.3 is 0 Å². The van der Waals surface area contributed by atoms with Crippen LogP contribution in [0, 0.1) is 0 Å². The van der Waals surface area contributed by atoms with Gasteiger partial charge < -0.3 is 15.3 Å². The van der Waals surface area contributed by atoms with Crippen LogP contribution in [-0.2, 0) is 6.61 Å². The van der Waals surface area contributed by atoms with Gasteiger partial charge in [0.15, 0.2) is 0 Å². The zero-order chi connectivity index (χ0) is 14.9. The van der Waals surface area contributed by atoms with Gasteiger partial charge in [0.05, 0.1) is 24.4 Å². The number of aliphatic hydroxyl groups is 1. The molecule has 0 saturated carbocycles. The first-order valence-electron chi connectivity index (χ1n) is 6.62. The Morgan fingerprint density at radius 3 is 2.71 bits per heavy atom. The number of nitrogens with zero attached hydrogens (tertiary/aromatic N) is 1. The number of nitrogens with one attached hydrogen (secondary N) is 1. The van der Waals surface area contributed by atoms with Gasteiger partial charge in [0.25, 0.3) is 0 Å². The molecule has 0 fully saturated rings. The lowest BCUT2D eigenvalue weighted by Crippen LogP contribution is -2.11. The maximum Gasteiger partial charge on any atom is 0.138 e. The molecule has 0 aliphatic heterocycles. The Labute approximate surface area is 129 Å². The van der Waals surface area contributed by atoms with Gasteiger partial charge in [-0.25, -0.2) is 0 Å². The SMILES string of the molecule is OCCNN=Cc1ccc(OCc2ccccc2)c(Cl)c1. The highest BCUT2D eigenvalue weighted by atomic mass is 35.5. The van der Waals surface area contributed by atoms with Crippen molar-refractivity contribution in [2.24, 2.45) is 5.10 Å². The van der Waals surface area contributed by atoms with Gasteiger partial charge in [0.2, 0.25) is 0 Å². The van der Waals surface area contributed by atoms with Crippen LogP contribution in [0.3, 0.4) is 0 Å². The number of hydrazone groups is 1. The zero-order valence-electron chi connectivity index (χ0n) is 11.5. The third-order valence-corrected chi connectivity index (χ3v) is 3.02. The molecule has 0 heterocycles. The number of hydrogen-bond donors (Lipinski definition) is 2. The van der Waals surface area contributed by atoms with Crippen molar-refractivity contribution in [2.45, 2.75) is 6.61 Å². The number of benzene rings is 2. The molecule has 0 aliphatic rings. The highest BCUT2D eigenvalue weighted by molar-refractivity contribution is 6.32. The molecule has 5 heteroatoms. The van der Waals surface area contributed by atoms with Gasteiger partial charge in [-0.2, -0.15) is 5.10 Å². The van der Waals surface area contributed by atoms with Gasteiger partial charge in [-0.15, -0.1) is 0 Å². The van der Waals surface area contributed by atoms with Crippen LogP contribution in [0.2, 0.25) is 5.02 Å². The lowest BCUT2D eigenvalue weighted by Gasteiger charge is -2.08. The molecule has 0 radical (unpaired) electrons. The molecule has 2 N–H and O–H groups in total. The molecule has 110 valence electrons. The fourth-order valence-electron chi connectivity index (χ4n) is 1.68. The number of halogens is 1. The second-order valence-corrected chi connectivity index (χ2v) is 4.76. The third kappa shape index (κ3) is 5.10. The average Bonchev–Trinajstić information content (AvgIpc) is 2.52. The Bertz CT molecular complexity index is 588. The van der Waals surface area contributed by atoms with Crippen LogP contribution < -0.4 is 10.2 Å². The summed E-state index contributed by atoms with van der Waals surface area (Å²) in [6.45, 7) is 0.943. The van der Waals surface area contributed by atoms with Gasteiger partial charge in [-0.1, -0.05) is 41.9 Å². The van der Waals surface area contributed by atoms with Crippen LogP contribution >= 0.6 is 11.6 Å². The summed E-state index contributed by atoms with van der Waals surface area (Å²) in [5, 5.41) is 13.1. The quantitative estimate of drug-likeness (QED) is 0.470. The Balaban J connectivity index is 1.94. The van der Waals surface area contributed by atoms with Crippen molar-refractivity contribution in [2.75, 3.05) is 13.2 Å². The van der Waals surface area contributed by atoms with Gasteiger partial charge in [-0.05, 0) is 29.3 Å². The number of rotatable bonds is 7. The second-order valence-electron chi connectivity index (χ2n) is 4.35. The lowest BCUT2D eigenvalue weighted by molar-refractivity contribution is 0.294. The smallest absolute Gasteiger partial charge is 0.138 e. The van der Waals surface area contributed by atoms with E-state index < -0.39 is 0 Å². The van der Waals surface area contributed by atoms with Crippen molar-refractivity contribution in [1.29, 1.82) is 0 Å². The van der Waals surface area contributed by atoms with E-state index in [4.69, 9.17) is 21.4 Å². The van der Waals surface area contributed by atoms with E-state index in [0.717, 1.165) is 11.1 Å². The van der Waals surface area contributed by atoms with Crippen LogP contribution in [-0.4, -0.2) is 24.5 Å². The molecule has 0 aromatic heterocycles. The molecule has 21 heavy (non-hydrogen) atoms. The lowest BCUT2D eigenvalue weighted by atomic mass is 10.2. The Morgan fingerprint density at radius 1 is 1.19 bits per heavy atom. The number of ether oxygens (including phenoxy) is 1. The van der Waals surface area contributed by atoms with Crippen molar-refractivity contribution in [3.8, 4) is 5.75 Å². The number of hydrogen-bond acceptors (Lipinski definition) is 4. The molecule has 0 atom stereocenters. The van der Waals surface area contributed by atoms with Crippen LogP contribution in [0.15, 0.2) is 53.6 Å². The van der Waals surface area contributed by atoms with Crippen molar-refractivity contribution in [3.63, 3.8) is 0 Å². The molecular formula is C16H17ClN2O2. The summed E-state index contributed by atoms with van der Waals surface area (Å²) in [5.74, 6) is 0.640. The van der Waals surface area contributed by atoms with E-state index in [0.29, 0.717) is 23.9 Å². The minimum absolute atomic E-state index is 0.0460. The maximum absolute atomic E-state index is 8.62. The van der Waals surface area contributed by atoms with Crippen molar-refractivity contribution in [3.05, 3.63) is 64.7 Å². The molecule has 0 spiro atoms. The van der Waals surface area contributed by atoms with E-state index >= 15 is 0 Å². The van der Waals surface area contributed by atoms with Crippen LogP contribution in [0.25, 0.3) is 0 Å². The zero-order valence-corrected chi connectivity index (χ0v) is 12.3. The Hall–Kier alpha value is -2.04. The summed E-state index contributed by atoms with van der Waals surface area (Å²) >= 11 is 6.19. The normalized spacial score (nSPS) is 10.8. The molecule has 0 bridgehead atoms. The van der Waals surface area contributed by atoms with E-state index in [1.54, 1.807) is 12.3 Å². The maximum atomic E-state index is 8.62. The molecule has 4 nitrogen and oxygen atoms in total. The third-order valence-electron chi connectivity index (χ3n) is 2.72. The summed E-state index contributed by atoms with van der Waals surface area (Å²) < 4.78 is 5.70. The fraction of sp³-hybridized carbons (Fsp3) is 0.188. The highest BCUT2D eigenvalue weighted by Crippen LogP contribution is 2.25. The van der Waals surface area contributed by atoms with E-state index in [-0.39, 0.29) is 6.61 Å². The van der Waals surface area contributed by atoms with E-state index in [1.165, 1.54) is 0 Å². The minimum atomic E-state index is 0.0460. The Kier molecular flexibility index (Phi) is 6.06. The molecule has 2 rings (SSSR count). The topological polar surface area (TPSA) is 53.8 Å². The van der Waals surface area contributed by atoms with E-state index in [2.05, 4.69) is 10.5 Å². The van der Waals surface area contributed by atoms with Crippen molar-refractivity contribution >= 4 is 17.8 Å². The standard InChI is InChI=1S/C16H17ClN2O2/c17-15-10-14(11-19-18-8-9-20)6-7-16(15)21-12-13-4-2-1-3-5-13/h1-7,10-11,18,20H,8-9,12H2. The first kappa shape index (κ1) is 15.4. The fourth-order valence-corrected chi connectivity index (χ4v) is 1.93. The van der Waals surface area contributed by atoms with Crippen LogP contribution in [0.1, 0.15) is 11.1 Å². The number of aliphatic hydroxyl groups excluding tert-OH is 1. The van der Waals surface area contributed by atoms with E-state index in [1.807, 2.05) is 42.5 Å². The van der Waals surface area contributed by atoms with Crippen molar-refractivity contribution in [1.82, 2.24) is 5.43 Å². The predicted octanol–water partition coefficient (Wildman–Crippen LogP) is 2.83. The highest BCUT2D eigenvalue weighted by Gasteiger charge is 2.02.